The molecule has 0 spiro atoms. The minimum absolute atomic E-state index is 0.118. The lowest BCUT2D eigenvalue weighted by atomic mass is 9.68. The van der Waals surface area contributed by atoms with Crippen molar-refractivity contribution in [2.24, 2.45) is 0 Å². The maximum atomic E-state index is 2.47. The molecule has 2 heterocycles. The van der Waals surface area contributed by atoms with Crippen LogP contribution in [-0.2, 0) is 5.41 Å². The molecule has 39 heavy (non-hydrogen) atoms. The van der Waals surface area contributed by atoms with Crippen LogP contribution in [0.4, 0.5) is 0 Å². The molecule has 0 amide bonds. The van der Waals surface area contributed by atoms with Crippen molar-refractivity contribution in [1.82, 2.24) is 0 Å². The molecule has 2 aromatic carbocycles. The van der Waals surface area contributed by atoms with E-state index in [1.165, 1.54) is 122 Å². The Bertz CT molecular complexity index is 1280. The van der Waals surface area contributed by atoms with E-state index in [9.17, 15) is 0 Å². The Balaban J connectivity index is 1.55. The van der Waals surface area contributed by atoms with Crippen molar-refractivity contribution in [3.8, 4) is 32.0 Å². The van der Waals surface area contributed by atoms with Crippen LogP contribution in [0, 0.1) is 0 Å². The number of unbranched alkanes of at least 4 members (excludes halogenated alkanes) is 10. The summed E-state index contributed by atoms with van der Waals surface area (Å²) in [4.78, 5) is 2.83. The number of rotatable bonds is 16. The Morgan fingerprint density at radius 2 is 1.13 bits per heavy atom. The van der Waals surface area contributed by atoms with Crippen LogP contribution in [0.2, 0.25) is 0 Å². The lowest BCUT2D eigenvalue weighted by Gasteiger charge is -2.34. The Morgan fingerprint density at radius 3 is 1.79 bits per heavy atom. The summed E-state index contributed by atoms with van der Waals surface area (Å²) in [5.74, 6) is 0. The van der Waals surface area contributed by atoms with Gasteiger partial charge in [-0.2, -0.15) is 0 Å². The van der Waals surface area contributed by atoms with Crippen molar-refractivity contribution < 1.29 is 0 Å². The molecule has 0 unspecified atom stereocenters. The van der Waals surface area contributed by atoms with E-state index in [-0.39, 0.29) is 5.41 Å². The number of benzene rings is 2. The van der Waals surface area contributed by atoms with E-state index in [0.717, 1.165) is 0 Å². The quantitative estimate of drug-likeness (QED) is 0.121. The predicted molar refractivity (Wildman–Crippen MR) is 175 cm³/mol. The Hall–Kier alpha value is -2.16. The standard InChI is InChI=1S/C37H46S2/c1-3-5-7-9-11-15-25-37(26-16-12-10-8-6-4-2)33-22-14-13-19-29(33)30-20-17-21-31(35(30)37)32-24-28-39-36(32)34-23-18-27-38-34/h13-14,17-24,27-28H,3-12,15-16,25-26H2,1-2H3. The summed E-state index contributed by atoms with van der Waals surface area (Å²) < 4.78 is 0. The molecule has 0 saturated heterocycles. The van der Waals surface area contributed by atoms with E-state index in [1.807, 2.05) is 22.7 Å². The van der Waals surface area contributed by atoms with Crippen molar-refractivity contribution in [2.45, 2.75) is 109 Å². The molecular formula is C37H46S2. The summed E-state index contributed by atoms with van der Waals surface area (Å²) in [6.45, 7) is 4.64. The van der Waals surface area contributed by atoms with Gasteiger partial charge >= 0.3 is 0 Å². The van der Waals surface area contributed by atoms with E-state index in [1.54, 1.807) is 11.1 Å². The highest BCUT2D eigenvalue weighted by Gasteiger charge is 2.44. The fourth-order valence-electron chi connectivity index (χ4n) is 6.97. The SMILES string of the molecule is CCCCCCCCC1(CCCCCCCC)c2ccccc2-c2cccc(-c3ccsc3-c3cccs3)c21. The van der Waals surface area contributed by atoms with E-state index < -0.39 is 0 Å². The maximum absolute atomic E-state index is 2.47. The second-order valence-electron chi connectivity index (χ2n) is 11.5. The van der Waals surface area contributed by atoms with Gasteiger partial charge in [-0.15, -0.1) is 22.7 Å². The van der Waals surface area contributed by atoms with E-state index in [4.69, 9.17) is 0 Å². The van der Waals surface area contributed by atoms with Gasteiger partial charge in [0.1, 0.15) is 0 Å². The van der Waals surface area contributed by atoms with Gasteiger partial charge < -0.3 is 0 Å². The van der Waals surface area contributed by atoms with Gasteiger partial charge in [-0.05, 0) is 63.6 Å². The molecule has 0 fully saturated rings. The highest BCUT2D eigenvalue weighted by atomic mass is 32.1. The summed E-state index contributed by atoms with van der Waals surface area (Å²) in [7, 11) is 0. The molecule has 0 radical (unpaired) electrons. The second-order valence-corrected chi connectivity index (χ2v) is 13.4. The molecule has 1 aliphatic rings. The van der Waals surface area contributed by atoms with Crippen LogP contribution in [0.3, 0.4) is 0 Å². The van der Waals surface area contributed by atoms with Gasteiger partial charge in [-0.3, -0.25) is 0 Å². The van der Waals surface area contributed by atoms with Crippen LogP contribution in [0.1, 0.15) is 115 Å². The molecule has 206 valence electrons. The van der Waals surface area contributed by atoms with E-state index in [2.05, 4.69) is 85.3 Å². The van der Waals surface area contributed by atoms with Crippen LogP contribution in [0.25, 0.3) is 32.0 Å². The molecule has 0 nitrogen and oxygen atoms in total. The first-order valence-electron chi connectivity index (χ1n) is 15.6. The largest absolute Gasteiger partial charge is 0.143 e. The number of fused-ring (bicyclic) bond motifs is 3. The fourth-order valence-corrected chi connectivity index (χ4v) is 8.76. The molecular weight excluding hydrogens is 509 g/mol. The van der Waals surface area contributed by atoms with Crippen LogP contribution < -0.4 is 0 Å². The van der Waals surface area contributed by atoms with Crippen LogP contribution >= 0.6 is 22.7 Å². The molecule has 4 aromatic rings. The normalized spacial score (nSPS) is 13.5. The van der Waals surface area contributed by atoms with Crippen LogP contribution in [-0.4, -0.2) is 0 Å². The molecule has 5 rings (SSSR count). The minimum Gasteiger partial charge on any atom is -0.143 e. The van der Waals surface area contributed by atoms with Gasteiger partial charge in [-0.1, -0.05) is 139 Å². The molecule has 0 bridgehead atoms. The number of thiophene rings is 2. The van der Waals surface area contributed by atoms with Crippen LogP contribution in [0.15, 0.2) is 71.4 Å². The average Bonchev–Trinajstić information content (AvgIpc) is 3.72. The number of hydrogen-bond acceptors (Lipinski definition) is 2. The summed E-state index contributed by atoms with van der Waals surface area (Å²) in [6, 6.07) is 23.4. The zero-order valence-corrected chi connectivity index (χ0v) is 25.8. The first-order chi connectivity index (χ1) is 19.3. The zero-order valence-electron chi connectivity index (χ0n) is 24.1. The van der Waals surface area contributed by atoms with E-state index in [0.29, 0.717) is 0 Å². The molecule has 0 saturated carbocycles. The van der Waals surface area contributed by atoms with Crippen LogP contribution in [0.5, 0.6) is 0 Å². The Kier molecular flexibility index (Phi) is 10.1. The van der Waals surface area contributed by atoms with Gasteiger partial charge in [-0.25, -0.2) is 0 Å². The molecule has 2 heteroatoms. The third kappa shape index (κ3) is 6.13. The summed E-state index contributed by atoms with van der Waals surface area (Å²) in [6.07, 6.45) is 18.8. The topological polar surface area (TPSA) is 0 Å². The van der Waals surface area contributed by atoms with Crippen molar-refractivity contribution in [3.63, 3.8) is 0 Å². The van der Waals surface area contributed by atoms with Crippen molar-refractivity contribution in [2.75, 3.05) is 0 Å². The number of hydrogen-bond donors (Lipinski definition) is 0. The lowest BCUT2D eigenvalue weighted by Crippen LogP contribution is -2.26. The first kappa shape index (κ1) is 28.4. The average molecular weight is 555 g/mol. The molecule has 0 N–H and O–H groups in total. The smallest absolute Gasteiger partial charge is 0.0521 e. The van der Waals surface area contributed by atoms with Gasteiger partial charge in [0.2, 0.25) is 0 Å². The van der Waals surface area contributed by atoms with Gasteiger partial charge in [0.25, 0.3) is 0 Å². The predicted octanol–water partition coefficient (Wildman–Crippen LogP) is 12.9. The third-order valence-corrected chi connectivity index (χ3v) is 10.9. The van der Waals surface area contributed by atoms with Gasteiger partial charge in [0.15, 0.2) is 0 Å². The zero-order chi connectivity index (χ0) is 26.9. The summed E-state index contributed by atoms with van der Waals surface area (Å²) >= 11 is 3.77. The van der Waals surface area contributed by atoms with E-state index >= 15 is 0 Å². The van der Waals surface area contributed by atoms with Gasteiger partial charge in [0, 0.05) is 15.9 Å². The van der Waals surface area contributed by atoms with Gasteiger partial charge in [0.05, 0.1) is 4.88 Å². The highest BCUT2D eigenvalue weighted by Crippen LogP contribution is 2.58. The molecule has 2 aromatic heterocycles. The fraction of sp³-hybridized carbons (Fsp3) is 0.459. The highest BCUT2D eigenvalue weighted by molar-refractivity contribution is 7.20. The summed E-state index contributed by atoms with van der Waals surface area (Å²) in [5.41, 5.74) is 9.23. The molecule has 0 atom stereocenters. The van der Waals surface area contributed by atoms with Crippen molar-refractivity contribution in [1.29, 1.82) is 0 Å². The minimum atomic E-state index is 0.118. The third-order valence-electron chi connectivity index (χ3n) is 8.89. The lowest BCUT2D eigenvalue weighted by molar-refractivity contribution is 0.398. The molecule has 1 aliphatic carbocycles. The second kappa shape index (κ2) is 14.0. The molecule has 0 aliphatic heterocycles. The Labute approximate surface area is 245 Å². The maximum Gasteiger partial charge on any atom is 0.0521 e. The summed E-state index contributed by atoms with van der Waals surface area (Å²) in [5, 5.41) is 4.51. The Morgan fingerprint density at radius 1 is 0.513 bits per heavy atom. The van der Waals surface area contributed by atoms with Crippen molar-refractivity contribution >= 4 is 22.7 Å². The monoisotopic (exact) mass is 554 g/mol. The first-order valence-corrected chi connectivity index (χ1v) is 17.4. The van der Waals surface area contributed by atoms with Crippen molar-refractivity contribution in [3.05, 3.63) is 82.6 Å².